The number of hydrogen-bond acceptors (Lipinski definition) is 3. The molecular weight excluding hydrogens is 280 g/mol. The number of morpholine rings is 1. The van der Waals surface area contributed by atoms with Crippen LogP contribution < -0.4 is 5.32 Å². The van der Waals surface area contributed by atoms with Crippen molar-refractivity contribution < 1.29 is 14.3 Å². The minimum Gasteiger partial charge on any atom is -0.378 e. The highest BCUT2D eigenvalue weighted by Gasteiger charge is 2.25. The first-order valence-corrected chi connectivity index (χ1v) is 7.45. The normalized spacial score (nSPS) is 15.4. The molecule has 0 spiro atoms. The van der Waals surface area contributed by atoms with E-state index in [4.69, 9.17) is 4.74 Å². The average molecular weight is 300 g/mol. The Labute approximate surface area is 130 Å². The first-order chi connectivity index (χ1) is 10.7. The van der Waals surface area contributed by atoms with E-state index in [0.29, 0.717) is 32.7 Å². The molecule has 5 nitrogen and oxygen atoms in total. The number of nitrogens with zero attached hydrogens (tertiary/aromatic N) is 1. The summed E-state index contributed by atoms with van der Waals surface area (Å²) < 4.78 is 5.23. The molecule has 1 saturated heterocycles. The summed E-state index contributed by atoms with van der Waals surface area (Å²) in [5, 5.41) is 2.69. The zero-order chi connectivity index (χ0) is 15.8. The second kappa shape index (κ2) is 8.20. The molecular formula is C17H20N2O3. The van der Waals surface area contributed by atoms with Gasteiger partial charge in [-0.05, 0) is 18.6 Å². The summed E-state index contributed by atoms with van der Waals surface area (Å²) in [5.41, 5.74) is 0.769. The third kappa shape index (κ3) is 4.61. The van der Waals surface area contributed by atoms with Gasteiger partial charge in [0.1, 0.15) is 6.04 Å². The second-order valence-corrected chi connectivity index (χ2v) is 4.99. The number of carbonyl (C=O) groups excluding carboxylic acids is 2. The van der Waals surface area contributed by atoms with Gasteiger partial charge in [0.2, 0.25) is 5.91 Å². The van der Waals surface area contributed by atoms with Gasteiger partial charge in [0.25, 0.3) is 5.91 Å². The van der Waals surface area contributed by atoms with E-state index in [1.165, 1.54) is 0 Å². The van der Waals surface area contributed by atoms with E-state index in [9.17, 15) is 9.59 Å². The molecule has 1 aliphatic heterocycles. The number of benzene rings is 1. The second-order valence-electron chi connectivity index (χ2n) is 4.99. The summed E-state index contributed by atoms with van der Waals surface area (Å²) in [6.07, 6.45) is 0.537. The van der Waals surface area contributed by atoms with E-state index in [1.807, 2.05) is 37.3 Å². The lowest BCUT2D eigenvalue weighted by molar-refractivity contribution is -0.139. The van der Waals surface area contributed by atoms with Gasteiger partial charge in [0.05, 0.1) is 13.2 Å². The first kappa shape index (κ1) is 16.1. The monoisotopic (exact) mass is 300 g/mol. The smallest absolute Gasteiger partial charge is 0.296 e. The minimum atomic E-state index is -0.532. The van der Waals surface area contributed by atoms with Crippen molar-refractivity contribution in [3.63, 3.8) is 0 Å². The summed E-state index contributed by atoms with van der Waals surface area (Å²) in [5.74, 6) is 4.81. The van der Waals surface area contributed by atoms with Crippen molar-refractivity contribution >= 4 is 11.8 Å². The van der Waals surface area contributed by atoms with Crippen molar-refractivity contribution in [1.82, 2.24) is 10.2 Å². The highest BCUT2D eigenvalue weighted by molar-refractivity contribution is 5.97. The van der Waals surface area contributed by atoms with Gasteiger partial charge in [-0.3, -0.25) is 9.59 Å². The zero-order valence-corrected chi connectivity index (χ0v) is 12.7. The molecule has 0 saturated carbocycles. The Balaban J connectivity index is 1.93. The maximum atomic E-state index is 12.3. The van der Waals surface area contributed by atoms with Crippen LogP contribution in [-0.2, 0) is 14.3 Å². The van der Waals surface area contributed by atoms with Gasteiger partial charge in [-0.1, -0.05) is 31.0 Å². The summed E-state index contributed by atoms with van der Waals surface area (Å²) in [4.78, 5) is 26.0. The van der Waals surface area contributed by atoms with Gasteiger partial charge >= 0.3 is 0 Å². The van der Waals surface area contributed by atoms with E-state index in [0.717, 1.165) is 5.56 Å². The fraction of sp³-hybridized carbons (Fsp3) is 0.412. The van der Waals surface area contributed by atoms with Gasteiger partial charge in [-0.15, -0.1) is 0 Å². The molecule has 5 heteroatoms. The third-order valence-electron chi connectivity index (χ3n) is 3.43. The van der Waals surface area contributed by atoms with E-state index in [1.54, 1.807) is 4.90 Å². The summed E-state index contributed by atoms with van der Waals surface area (Å²) >= 11 is 0. The number of nitrogens with one attached hydrogen (secondary N) is 1. The van der Waals surface area contributed by atoms with Gasteiger partial charge in [-0.25, -0.2) is 0 Å². The highest BCUT2D eigenvalue weighted by Crippen LogP contribution is 2.03. The first-order valence-electron chi connectivity index (χ1n) is 7.45. The predicted molar refractivity (Wildman–Crippen MR) is 82.9 cm³/mol. The molecule has 1 aromatic carbocycles. The Morgan fingerprint density at radius 1 is 1.27 bits per heavy atom. The maximum absolute atomic E-state index is 12.3. The summed E-state index contributed by atoms with van der Waals surface area (Å²) in [6.45, 7) is 4.10. The number of carbonyl (C=O) groups is 2. The van der Waals surface area contributed by atoms with Gasteiger partial charge in [0, 0.05) is 24.6 Å². The molecule has 1 heterocycles. The number of ether oxygens (including phenoxy) is 1. The van der Waals surface area contributed by atoms with E-state index in [-0.39, 0.29) is 5.91 Å². The van der Waals surface area contributed by atoms with E-state index in [2.05, 4.69) is 17.2 Å². The molecule has 0 aromatic heterocycles. The standard InChI is InChI=1S/C17H20N2O3/c1-2-15(17(21)19-10-12-22-13-11-19)18-16(20)9-8-14-6-4-3-5-7-14/h3-7,15H,2,10-13H2,1H3,(H,18,20). The van der Waals surface area contributed by atoms with Crippen LogP contribution in [-0.4, -0.2) is 49.1 Å². The molecule has 0 radical (unpaired) electrons. The Morgan fingerprint density at radius 2 is 1.95 bits per heavy atom. The Morgan fingerprint density at radius 3 is 2.59 bits per heavy atom. The van der Waals surface area contributed by atoms with Crippen molar-refractivity contribution in [3.8, 4) is 11.8 Å². The molecule has 1 aliphatic rings. The third-order valence-corrected chi connectivity index (χ3v) is 3.43. The molecule has 0 bridgehead atoms. The Hall–Kier alpha value is -2.32. The van der Waals surface area contributed by atoms with Crippen LogP contribution in [0.2, 0.25) is 0 Å². The molecule has 2 rings (SSSR count). The zero-order valence-electron chi connectivity index (χ0n) is 12.7. The fourth-order valence-corrected chi connectivity index (χ4v) is 2.19. The molecule has 1 atom stereocenters. The number of amides is 2. The fourth-order valence-electron chi connectivity index (χ4n) is 2.19. The lowest BCUT2D eigenvalue weighted by atomic mass is 10.2. The van der Waals surface area contributed by atoms with Crippen LogP contribution in [0.3, 0.4) is 0 Å². The topological polar surface area (TPSA) is 58.6 Å². The largest absolute Gasteiger partial charge is 0.378 e. The van der Waals surface area contributed by atoms with Gasteiger partial charge < -0.3 is 15.0 Å². The molecule has 1 N–H and O–H groups in total. The lowest BCUT2D eigenvalue weighted by Crippen LogP contribution is -2.51. The maximum Gasteiger partial charge on any atom is 0.296 e. The van der Waals surface area contributed by atoms with Crippen molar-refractivity contribution in [2.24, 2.45) is 0 Å². The van der Waals surface area contributed by atoms with Crippen molar-refractivity contribution in [2.45, 2.75) is 19.4 Å². The van der Waals surface area contributed by atoms with Crippen LogP contribution in [0.5, 0.6) is 0 Å². The van der Waals surface area contributed by atoms with E-state index < -0.39 is 11.9 Å². The average Bonchev–Trinajstić information content (AvgIpc) is 2.59. The van der Waals surface area contributed by atoms with Crippen LogP contribution >= 0.6 is 0 Å². The molecule has 1 fully saturated rings. The molecule has 1 unspecified atom stereocenters. The lowest BCUT2D eigenvalue weighted by Gasteiger charge is -2.30. The molecule has 2 amide bonds. The van der Waals surface area contributed by atoms with Crippen LogP contribution in [0.15, 0.2) is 30.3 Å². The van der Waals surface area contributed by atoms with Gasteiger partial charge in [0.15, 0.2) is 0 Å². The molecule has 116 valence electrons. The van der Waals surface area contributed by atoms with Crippen molar-refractivity contribution in [1.29, 1.82) is 0 Å². The SMILES string of the molecule is CCC(NC(=O)C#Cc1ccccc1)C(=O)N1CCOCC1. The van der Waals surface area contributed by atoms with E-state index >= 15 is 0 Å². The summed E-state index contributed by atoms with van der Waals surface area (Å²) in [7, 11) is 0. The Bertz CT molecular complexity index is 569. The van der Waals surface area contributed by atoms with Crippen LogP contribution in [0.25, 0.3) is 0 Å². The molecule has 1 aromatic rings. The highest BCUT2D eigenvalue weighted by atomic mass is 16.5. The minimum absolute atomic E-state index is 0.0688. The number of hydrogen-bond donors (Lipinski definition) is 1. The molecule has 22 heavy (non-hydrogen) atoms. The van der Waals surface area contributed by atoms with Crippen LogP contribution in [0.1, 0.15) is 18.9 Å². The number of rotatable bonds is 3. The van der Waals surface area contributed by atoms with Crippen molar-refractivity contribution in [3.05, 3.63) is 35.9 Å². The molecule has 0 aliphatic carbocycles. The quantitative estimate of drug-likeness (QED) is 0.840. The predicted octanol–water partition coefficient (Wildman–Crippen LogP) is 0.792. The Kier molecular flexibility index (Phi) is 5.99. The van der Waals surface area contributed by atoms with Crippen LogP contribution in [0.4, 0.5) is 0 Å². The van der Waals surface area contributed by atoms with Crippen molar-refractivity contribution in [2.75, 3.05) is 26.3 Å². The summed E-state index contributed by atoms with van der Waals surface area (Å²) in [6, 6.07) is 8.74. The van der Waals surface area contributed by atoms with Crippen LogP contribution in [0, 0.1) is 11.8 Å². The van der Waals surface area contributed by atoms with Gasteiger partial charge in [-0.2, -0.15) is 0 Å².